The van der Waals surface area contributed by atoms with E-state index in [4.69, 9.17) is 23.2 Å². The van der Waals surface area contributed by atoms with Crippen molar-refractivity contribution in [1.29, 1.82) is 0 Å². The molecule has 1 amide bonds. The summed E-state index contributed by atoms with van der Waals surface area (Å²) < 4.78 is 14.2. The third-order valence-electron chi connectivity index (χ3n) is 3.98. The number of carbonyl (C=O) groups is 1. The second kappa shape index (κ2) is 7.85. The van der Waals surface area contributed by atoms with Gasteiger partial charge in [0.2, 0.25) is 0 Å². The van der Waals surface area contributed by atoms with Gasteiger partial charge < -0.3 is 4.90 Å². The van der Waals surface area contributed by atoms with Crippen LogP contribution in [0.3, 0.4) is 0 Å². The van der Waals surface area contributed by atoms with Crippen LogP contribution in [-0.4, -0.2) is 25.2 Å². The van der Waals surface area contributed by atoms with E-state index in [-0.39, 0.29) is 10.8 Å². The minimum absolute atomic E-state index is 0.290. The first-order valence-corrected chi connectivity index (χ1v) is 8.63. The Kier molecular flexibility index (Phi) is 5.56. The van der Waals surface area contributed by atoms with E-state index in [1.165, 1.54) is 24.4 Å². The van der Waals surface area contributed by atoms with Gasteiger partial charge in [0.25, 0.3) is 5.91 Å². The standard InChI is InChI=1S/C18H16Cl2FN3O/c19-14-5-4-13(10-15(14)20)18(25)23-22-11-12-3-6-17(16(21)9-12)24-7-1-2-8-24/h3-6,9-11H,1-2,7-8H2,(H,23,25)/b22-11-. The fourth-order valence-electron chi connectivity index (χ4n) is 2.69. The Hall–Kier alpha value is -2.11. The predicted molar refractivity (Wildman–Crippen MR) is 99.4 cm³/mol. The highest BCUT2D eigenvalue weighted by molar-refractivity contribution is 6.42. The Morgan fingerprint density at radius 1 is 1.12 bits per heavy atom. The predicted octanol–water partition coefficient (Wildman–Crippen LogP) is 4.50. The fraction of sp³-hybridized carbons (Fsp3) is 0.222. The maximum Gasteiger partial charge on any atom is 0.271 e. The summed E-state index contributed by atoms with van der Waals surface area (Å²) in [6.07, 6.45) is 3.57. The van der Waals surface area contributed by atoms with E-state index in [1.807, 2.05) is 4.90 Å². The van der Waals surface area contributed by atoms with Crippen LogP contribution in [0.2, 0.25) is 10.0 Å². The zero-order valence-electron chi connectivity index (χ0n) is 13.3. The molecule has 0 spiro atoms. The first-order chi connectivity index (χ1) is 12.0. The molecule has 1 saturated heterocycles. The maximum absolute atomic E-state index is 14.2. The highest BCUT2D eigenvalue weighted by Gasteiger charge is 2.15. The summed E-state index contributed by atoms with van der Waals surface area (Å²) >= 11 is 11.7. The summed E-state index contributed by atoms with van der Waals surface area (Å²) in [4.78, 5) is 14.0. The number of halogens is 3. The summed E-state index contributed by atoms with van der Waals surface area (Å²) in [5, 5.41) is 4.52. The lowest BCUT2D eigenvalue weighted by Gasteiger charge is -2.18. The zero-order chi connectivity index (χ0) is 17.8. The minimum Gasteiger partial charge on any atom is -0.369 e. The quantitative estimate of drug-likeness (QED) is 0.627. The van der Waals surface area contributed by atoms with Gasteiger partial charge in [-0.3, -0.25) is 4.79 Å². The van der Waals surface area contributed by atoms with Crippen LogP contribution in [0.4, 0.5) is 10.1 Å². The first kappa shape index (κ1) is 17.7. The molecule has 4 nitrogen and oxygen atoms in total. The first-order valence-electron chi connectivity index (χ1n) is 7.87. The minimum atomic E-state index is -0.427. The van der Waals surface area contributed by atoms with E-state index in [1.54, 1.807) is 18.2 Å². The van der Waals surface area contributed by atoms with Crippen LogP contribution in [0.25, 0.3) is 0 Å². The molecule has 0 unspecified atom stereocenters. The van der Waals surface area contributed by atoms with E-state index in [2.05, 4.69) is 10.5 Å². The number of benzene rings is 2. The number of anilines is 1. The van der Waals surface area contributed by atoms with Gasteiger partial charge in [-0.2, -0.15) is 5.10 Å². The van der Waals surface area contributed by atoms with Crippen LogP contribution in [0.5, 0.6) is 0 Å². The lowest BCUT2D eigenvalue weighted by Crippen LogP contribution is -2.19. The number of hydrogen-bond donors (Lipinski definition) is 1. The van der Waals surface area contributed by atoms with Gasteiger partial charge in [-0.1, -0.05) is 29.3 Å². The highest BCUT2D eigenvalue weighted by Crippen LogP contribution is 2.24. The molecule has 0 aromatic heterocycles. The van der Waals surface area contributed by atoms with Crippen LogP contribution < -0.4 is 10.3 Å². The number of nitrogens with one attached hydrogen (secondary N) is 1. The van der Waals surface area contributed by atoms with Gasteiger partial charge in [-0.15, -0.1) is 0 Å². The van der Waals surface area contributed by atoms with Crippen LogP contribution >= 0.6 is 23.2 Å². The van der Waals surface area contributed by atoms with Gasteiger partial charge in [-0.05, 0) is 48.7 Å². The molecular formula is C18H16Cl2FN3O. The summed E-state index contributed by atoms with van der Waals surface area (Å²) in [6.45, 7) is 1.76. The molecule has 0 aliphatic carbocycles. The molecule has 0 bridgehead atoms. The molecule has 0 saturated carbocycles. The maximum atomic E-state index is 14.2. The van der Waals surface area contributed by atoms with Gasteiger partial charge in [0.1, 0.15) is 5.82 Å². The molecule has 7 heteroatoms. The van der Waals surface area contributed by atoms with Crippen molar-refractivity contribution in [1.82, 2.24) is 5.43 Å². The number of rotatable bonds is 4. The lowest BCUT2D eigenvalue weighted by atomic mass is 10.2. The topological polar surface area (TPSA) is 44.7 Å². The number of nitrogens with zero attached hydrogens (tertiary/aromatic N) is 2. The molecule has 2 aromatic rings. The monoisotopic (exact) mass is 379 g/mol. The van der Waals surface area contributed by atoms with E-state index in [0.717, 1.165) is 25.9 Å². The molecule has 25 heavy (non-hydrogen) atoms. The van der Waals surface area contributed by atoms with Crippen molar-refractivity contribution < 1.29 is 9.18 Å². The fourth-order valence-corrected chi connectivity index (χ4v) is 2.98. The van der Waals surface area contributed by atoms with Crippen molar-refractivity contribution in [3.05, 3.63) is 63.4 Å². The Bertz CT molecular complexity index is 820. The molecule has 0 radical (unpaired) electrons. The van der Waals surface area contributed by atoms with Gasteiger partial charge in [-0.25, -0.2) is 9.82 Å². The summed E-state index contributed by atoms with van der Waals surface area (Å²) in [7, 11) is 0. The van der Waals surface area contributed by atoms with E-state index in [9.17, 15) is 9.18 Å². The summed E-state index contributed by atoms with van der Waals surface area (Å²) in [5.74, 6) is -0.717. The molecule has 1 heterocycles. The smallest absolute Gasteiger partial charge is 0.271 e. The Morgan fingerprint density at radius 2 is 1.88 bits per heavy atom. The van der Waals surface area contributed by atoms with Crippen molar-refractivity contribution >= 4 is 41.0 Å². The lowest BCUT2D eigenvalue weighted by molar-refractivity contribution is 0.0955. The van der Waals surface area contributed by atoms with Gasteiger partial charge in [0.05, 0.1) is 21.9 Å². The molecular weight excluding hydrogens is 364 g/mol. The normalized spacial score (nSPS) is 14.3. The number of carbonyl (C=O) groups excluding carboxylic acids is 1. The average Bonchev–Trinajstić information content (AvgIpc) is 3.11. The molecule has 1 fully saturated rings. The van der Waals surface area contributed by atoms with Gasteiger partial charge >= 0.3 is 0 Å². The summed E-state index contributed by atoms with van der Waals surface area (Å²) in [5.41, 5.74) is 3.89. The van der Waals surface area contributed by atoms with E-state index >= 15 is 0 Å². The number of hydrogen-bond acceptors (Lipinski definition) is 3. The largest absolute Gasteiger partial charge is 0.369 e. The van der Waals surface area contributed by atoms with Crippen LogP contribution in [-0.2, 0) is 0 Å². The average molecular weight is 380 g/mol. The highest BCUT2D eigenvalue weighted by atomic mass is 35.5. The van der Waals surface area contributed by atoms with Crippen LogP contribution in [0, 0.1) is 5.82 Å². The Balaban J connectivity index is 1.64. The number of hydrazone groups is 1. The van der Waals surface area contributed by atoms with Crippen molar-refractivity contribution in [2.45, 2.75) is 12.8 Å². The SMILES string of the molecule is O=C(N/N=C\c1ccc(N2CCCC2)c(F)c1)c1ccc(Cl)c(Cl)c1. The molecule has 130 valence electrons. The second-order valence-electron chi connectivity index (χ2n) is 5.73. The third-order valence-corrected chi connectivity index (χ3v) is 4.72. The molecule has 1 aliphatic rings. The number of amides is 1. The molecule has 1 aliphatic heterocycles. The van der Waals surface area contributed by atoms with Crippen molar-refractivity contribution in [3.8, 4) is 0 Å². The third kappa shape index (κ3) is 4.30. The zero-order valence-corrected chi connectivity index (χ0v) is 14.8. The van der Waals surface area contributed by atoms with Gasteiger partial charge in [0, 0.05) is 18.7 Å². The van der Waals surface area contributed by atoms with Crippen molar-refractivity contribution in [2.75, 3.05) is 18.0 Å². The molecule has 1 N–H and O–H groups in total. The van der Waals surface area contributed by atoms with Gasteiger partial charge in [0.15, 0.2) is 0 Å². The van der Waals surface area contributed by atoms with Crippen LogP contribution in [0.15, 0.2) is 41.5 Å². The second-order valence-corrected chi connectivity index (χ2v) is 6.55. The Labute approximate surface area is 155 Å². The van der Waals surface area contributed by atoms with Crippen molar-refractivity contribution in [2.24, 2.45) is 5.10 Å². The van der Waals surface area contributed by atoms with Crippen molar-refractivity contribution in [3.63, 3.8) is 0 Å². The van der Waals surface area contributed by atoms with E-state index in [0.29, 0.717) is 21.8 Å². The van der Waals surface area contributed by atoms with E-state index < -0.39 is 5.91 Å². The Morgan fingerprint density at radius 3 is 2.56 bits per heavy atom. The molecule has 3 rings (SSSR count). The summed E-state index contributed by atoms with van der Waals surface area (Å²) in [6, 6.07) is 9.45. The molecule has 0 atom stereocenters. The molecule has 2 aromatic carbocycles. The van der Waals surface area contributed by atoms with Crippen LogP contribution in [0.1, 0.15) is 28.8 Å².